The number of aromatic nitrogens is 2. The minimum absolute atomic E-state index is 0.00660. The number of carbonyl (C=O) groups is 12. The molecule has 10 aromatic carbocycles. The Morgan fingerprint density at radius 1 is 0.354 bits per heavy atom. The second kappa shape index (κ2) is 49.3. The van der Waals surface area contributed by atoms with Crippen molar-refractivity contribution in [2.45, 2.75) is 153 Å². The summed E-state index contributed by atoms with van der Waals surface area (Å²) in [6, 6.07) is 77.6. The van der Waals surface area contributed by atoms with Gasteiger partial charge in [0.15, 0.2) is 71.7 Å². The summed E-state index contributed by atoms with van der Waals surface area (Å²) in [5.74, 6) is -13.9. The van der Waals surface area contributed by atoms with Crippen LogP contribution in [0.5, 0.6) is 0 Å². The van der Waals surface area contributed by atoms with E-state index in [-0.39, 0.29) is 65.5 Å². The molecule has 5 saturated heterocycles. The molecule has 8 heterocycles. The first-order chi connectivity index (χ1) is 71.4. The molecule has 2 aromatic heterocycles. The van der Waals surface area contributed by atoms with Crippen molar-refractivity contribution >= 4 is 121 Å². The number of thiazole rings is 1. The summed E-state index contributed by atoms with van der Waals surface area (Å²) in [5, 5.41) is 1.67. The second-order valence-corrected chi connectivity index (χ2v) is 43.4. The normalized spacial score (nSPS) is 24.7. The van der Waals surface area contributed by atoms with E-state index >= 15 is 33.6 Å². The van der Waals surface area contributed by atoms with Gasteiger partial charge >= 0.3 is 100 Å². The third kappa shape index (κ3) is 25.6. The quantitative estimate of drug-likeness (QED) is 0.0159. The molecular weight excluding hydrogens is 2170 g/mol. The molecule has 147 heavy (non-hydrogen) atoms. The van der Waals surface area contributed by atoms with Gasteiger partial charge in [-0.3, -0.25) is 24.3 Å². The molecule has 0 radical (unpaired) electrons. The number of pyridine rings is 1. The number of esters is 10. The Morgan fingerprint density at radius 3 is 1.08 bits per heavy atom. The second-order valence-electron chi connectivity index (χ2n) is 34.0. The van der Waals surface area contributed by atoms with Gasteiger partial charge in [0.1, 0.15) is 85.8 Å². The van der Waals surface area contributed by atoms with Crippen molar-refractivity contribution in [3.8, 4) is 11.4 Å². The first-order valence-electron chi connectivity index (χ1n) is 46.1. The van der Waals surface area contributed by atoms with E-state index in [0.29, 0.717) is 25.3 Å². The zero-order valence-electron chi connectivity index (χ0n) is 77.9. The fraction of sp³-hybridized carbons (Fsp3) is 0.259. The minimum atomic E-state index is -2.37. The number of halogens is 2. The van der Waals surface area contributed by atoms with Crippen molar-refractivity contribution in [3.63, 3.8) is 0 Å². The third-order valence-electron chi connectivity index (χ3n) is 24.0. The van der Waals surface area contributed by atoms with Crippen molar-refractivity contribution in [3.05, 3.63) is 388 Å². The molecule has 39 heteroatoms. The number of fused-ring (bicyclic) bond motifs is 2. The van der Waals surface area contributed by atoms with Crippen LogP contribution in [0.25, 0.3) is 11.4 Å². The summed E-state index contributed by atoms with van der Waals surface area (Å²) >= 11 is 8.69. The molecule has 20 atom stereocenters. The first kappa shape index (κ1) is 105. The molecule has 0 spiro atoms. The van der Waals surface area contributed by atoms with Gasteiger partial charge in [0, 0.05) is 18.5 Å². The topological polar surface area (TPSA) is 409 Å². The van der Waals surface area contributed by atoms with Crippen LogP contribution in [0.15, 0.2) is 331 Å². The van der Waals surface area contributed by atoms with Crippen LogP contribution in [-0.4, -0.2) is 240 Å². The van der Waals surface area contributed by atoms with E-state index in [1.165, 1.54) is 182 Å². The maximum atomic E-state index is 15.8. The Bertz CT molecular complexity index is 6560. The molecule has 760 valence electrons. The Hall–Kier alpha value is -13.6. The van der Waals surface area contributed by atoms with E-state index in [1.807, 2.05) is 0 Å². The van der Waals surface area contributed by atoms with E-state index in [0.717, 1.165) is 34.9 Å². The fourth-order valence-electron chi connectivity index (χ4n) is 17.2. The Balaban J connectivity index is 0.00000486. The van der Waals surface area contributed by atoms with Crippen molar-refractivity contribution < 1.29 is 161 Å². The summed E-state index contributed by atoms with van der Waals surface area (Å²) in [7, 11) is 0. The monoisotopic (exact) mass is 2250 g/mol. The molecule has 6 aliphatic heterocycles. The Labute approximate surface area is 870 Å². The molecule has 0 bridgehead atoms. The van der Waals surface area contributed by atoms with Gasteiger partial charge in [0.2, 0.25) is 0 Å². The molecule has 18 rings (SSSR count). The van der Waals surface area contributed by atoms with Gasteiger partial charge in [-0.25, -0.2) is 48.1 Å². The Kier molecular flexibility index (Phi) is 35.1. The number of amides is 2. The van der Waals surface area contributed by atoms with Gasteiger partial charge in [-0.1, -0.05) is 194 Å². The summed E-state index contributed by atoms with van der Waals surface area (Å²) in [5.41, 5.74) is -1.56. The standard InChI is InChI=1S/C108H91N3O31S2.2BrH.Pd/c1-62(112)128-85-80(111-92(113)72-53-31-32-54-73(72)93(111)114)106(144-107-110-75(61-143-107)74-55-33-34-56-109-74)132-78(81(85)139-104-90(137-101(122)70-49-27-11-28-50-70)86(134-98(119)67-43-21-8-22-44-67)82(133-97(118)66-41-19-7-20-42-66)76(130-104)57-124-94(115)63-35-13-4-14-36-63)60-127-103-89(136-100(121)69-47-25-10-26-48-69)87(135-99(120)68-45-23-9-24-46-68)83(77(129-103)58-125-95(116)64-37-15-5-16-38-64)140-105-91(138-102(123)71-51-29-12-30-52-71)88-84(141-108(2,3)142-88)79(131-105)59-126-96(117)65-39-17-6-18-40-65;;;/h4-56,61,76-91,103-106H,57-60H2,1-3H3;2*1H;/q;;;+2/p-2. The number of rotatable bonds is 33. The van der Waals surface area contributed by atoms with Crippen LogP contribution < -0.4 is 0 Å². The average Bonchev–Trinajstić information content (AvgIpc) is 1.41. The van der Waals surface area contributed by atoms with Gasteiger partial charge in [0.25, 0.3) is 11.8 Å². The molecule has 20 unspecified atom stereocenters. The predicted molar refractivity (Wildman–Crippen MR) is 524 cm³/mol. The van der Waals surface area contributed by atoms with Crippen LogP contribution >= 0.6 is 50.0 Å². The number of imide groups is 1. The number of hydrogen-bond donors (Lipinski definition) is 0. The zero-order chi connectivity index (χ0) is 103. The van der Waals surface area contributed by atoms with E-state index in [9.17, 15) is 24.0 Å². The SMILES string of the molecule is CC(=O)OC1C(OC2OC(COC(=O)c3ccccc3)C(OC(=O)c3ccccc3)C(OC(=O)c3ccccc3)C2OC(=O)c2ccccc2)C(COC2OC(COC(=O)c3ccccc3)C(OC3OC(COC(=O)c4ccccc4)C4OC(C)(C)OC4C3OC(=O)c3ccccc3)C(OC(=O)c3ccccc3)C2OC(=O)c2ccccc2)OC(Sc2nc(-c3ccccn3)cs2)C1N1C(=O)c2ccccc2C1=O.[Br][Pd][Br]. The van der Waals surface area contributed by atoms with E-state index in [4.69, 9.17) is 95.0 Å². The van der Waals surface area contributed by atoms with Crippen LogP contribution in [0.3, 0.4) is 0 Å². The van der Waals surface area contributed by atoms with Gasteiger partial charge in [-0.15, -0.1) is 11.3 Å². The number of ether oxygens (including phenoxy) is 19. The summed E-state index contributed by atoms with van der Waals surface area (Å²) < 4.78 is 129. The van der Waals surface area contributed by atoms with Gasteiger partial charge < -0.3 is 90.0 Å². The molecule has 0 aliphatic carbocycles. The summed E-state index contributed by atoms with van der Waals surface area (Å²) in [6.07, 6.45) is -34.1. The third-order valence-corrected chi connectivity index (χ3v) is 26.1. The van der Waals surface area contributed by atoms with E-state index < -0.39 is 226 Å². The number of benzene rings is 10. The van der Waals surface area contributed by atoms with E-state index in [2.05, 4.69) is 31.8 Å². The molecule has 12 aromatic rings. The molecule has 2 amide bonds. The summed E-state index contributed by atoms with van der Waals surface area (Å²) in [4.78, 5) is 192. The number of thioether (sulfide) groups is 1. The van der Waals surface area contributed by atoms with Crippen molar-refractivity contribution in [1.82, 2.24) is 14.9 Å². The Morgan fingerprint density at radius 2 is 0.673 bits per heavy atom. The first-order valence-corrected chi connectivity index (χ1v) is 54.9. The van der Waals surface area contributed by atoms with Crippen LogP contribution in [0.2, 0.25) is 0 Å². The average molecular weight is 2260 g/mol. The van der Waals surface area contributed by atoms with Gasteiger partial charge in [-0.2, -0.15) is 0 Å². The fourth-order valence-corrected chi connectivity index (χ4v) is 19.4. The van der Waals surface area contributed by atoms with Crippen molar-refractivity contribution in [1.29, 1.82) is 0 Å². The maximum absolute atomic E-state index is 15.8. The molecule has 0 saturated carbocycles. The van der Waals surface area contributed by atoms with Crippen LogP contribution in [0, 0.1) is 0 Å². The van der Waals surface area contributed by atoms with Gasteiger partial charge in [0.05, 0.1) is 73.5 Å². The molecule has 6 aliphatic rings. The molecule has 0 N–H and O–H groups in total. The number of nitrogens with zero attached hydrogens (tertiary/aromatic N) is 3. The zero-order valence-corrected chi connectivity index (χ0v) is 84.3. The molecule has 34 nitrogen and oxygen atoms in total. The van der Waals surface area contributed by atoms with Crippen LogP contribution in [0.4, 0.5) is 0 Å². The van der Waals surface area contributed by atoms with E-state index in [1.54, 1.807) is 159 Å². The van der Waals surface area contributed by atoms with Crippen molar-refractivity contribution in [2.75, 3.05) is 26.4 Å². The van der Waals surface area contributed by atoms with Crippen LogP contribution in [-0.2, 0) is 109 Å². The predicted octanol–water partition coefficient (Wildman–Crippen LogP) is 15.7. The number of hydrogen-bond acceptors (Lipinski definition) is 35. The number of carbonyl (C=O) groups excluding carboxylic acids is 12. The molecular formula is C108H91Br2N3O31PdS2. The van der Waals surface area contributed by atoms with Gasteiger partial charge in [-0.05, 0) is 147 Å². The molecule has 5 fully saturated rings. The van der Waals surface area contributed by atoms with Crippen LogP contribution in [0.1, 0.15) is 135 Å². The summed E-state index contributed by atoms with van der Waals surface area (Å²) in [6.45, 7) is 0.623. The van der Waals surface area contributed by atoms with Crippen molar-refractivity contribution in [2.24, 2.45) is 0 Å².